The van der Waals surface area contributed by atoms with Crippen molar-refractivity contribution in [2.45, 2.75) is 44.2 Å². The maximum Gasteiger partial charge on any atom is 0.253 e. The molecule has 172 valence electrons. The maximum absolute atomic E-state index is 10.7. The summed E-state index contributed by atoms with van der Waals surface area (Å²) in [6.07, 6.45) is 7.55. The molecule has 1 aromatic heterocycles. The van der Waals surface area contributed by atoms with Gasteiger partial charge in [0, 0.05) is 6.92 Å². The van der Waals surface area contributed by atoms with Gasteiger partial charge < -0.3 is 17.0 Å². The van der Waals surface area contributed by atoms with E-state index < -0.39 is 5.41 Å². The highest BCUT2D eigenvalue weighted by molar-refractivity contribution is 5.47. The lowest BCUT2D eigenvalue weighted by molar-refractivity contribution is -0.694. The fourth-order valence-corrected chi connectivity index (χ4v) is 5.71. The number of imidazole rings is 1. The quantitative estimate of drug-likeness (QED) is 0.366. The van der Waals surface area contributed by atoms with Crippen molar-refractivity contribution < 1.29 is 21.5 Å². The van der Waals surface area contributed by atoms with Crippen molar-refractivity contribution in [2.24, 2.45) is 5.92 Å². The van der Waals surface area contributed by atoms with Gasteiger partial charge in [0.2, 0.25) is 0 Å². The van der Waals surface area contributed by atoms with Crippen LogP contribution in [0.25, 0.3) is 0 Å². The first-order chi connectivity index (χ1) is 16.2. The average molecular weight is 512 g/mol. The van der Waals surface area contributed by atoms with Crippen LogP contribution >= 0.6 is 0 Å². The lowest BCUT2D eigenvalue weighted by Crippen LogP contribution is -3.00. The first-order valence-electron chi connectivity index (χ1n) is 11.9. The van der Waals surface area contributed by atoms with Gasteiger partial charge in [-0.1, -0.05) is 91.0 Å². The molecule has 3 aromatic carbocycles. The molecule has 1 heterocycles. The summed E-state index contributed by atoms with van der Waals surface area (Å²) in [7, 11) is 0. The molecule has 4 heteroatoms. The standard InChI is InChI=1S/C30H30N3.BrH/c1-24-32(22-25-11-5-2-6-12-25)19-20-33(24)29-18-17-28(21-29)30(23-31,26-13-7-3-8-14-26)27-15-9-4-10-16-27;/h2-16,19-20,28-29H,17-18,21-22H2,1H3;1H/q+1;/p-1/t28-,29-;/m1./s1. The molecule has 0 bridgehead atoms. The lowest BCUT2D eigenvalue weighted by Gasteiger charge is -2.34. The molecule has 3 nitrogen and oxygen atoms in total. The number of halogens is 1. The molecule has 0 amide bonds. The molecular weight excluding hydrogens is 482 g/mol. The van der Waals surface area contributed by atoms with Crippen LogP contribution in [0.2, 0.25) is 0 Å². The molecule has 0 spiro atoms. The number of hydrogen-bond acceptors (Lipinski definition) is 1. The zero-order valence-electron chi connectivity index (χ0n) is 19.5. The van der Waals surface area contributed by atoms with Gasteiger partial charge in [-0.3, -0.25) is 0 Å². The van der Waals surface area contributed by atoms with Gasteiger partial charge in [-0.25, -0.2) is 9.13 Å². The van der Waals surface area contributed by atoms with Gasteiger partial charge >= 0.3 is 0 Å². The smallest absolute Gasteiger partial charge is 0.253 e. The summed E-state index contributed by atoms with van der Waals surface area (Å²) >= 11 is 0. The van der Waals surface area contributed by atoms with E-state index in [1.54, 1.807) is 0 Å². The van der Waals surface area contributed by atoms with E-state index in [1.165, 1.54) is 11.4 Å². The van der Waals surface area contributed by atoms with Crippen LogP contribution < -0.4 is 21.5 Å². The summed E-state index contributed by atoms with van der Waals surface area (Å²) in [5.74, 6) is 1.54. The van der Waals surface area contributed by atoms with Crippen molar-refractivity contribution in [2.75, 3.05) is 0 Å². The highest BCUT2D eigenvalue weighted by Gasteiger charge is 2.47. The van der Waals surface area contributed by atoms with Crippen LogP contribution in [0.15, 0.2) is 103 Å². The summed E-state index contributed by atoms with van der Waals surface area (Å²) < 4.78 is 4.76. The molecule has 1 fully saturated rings. The van der Waals surface area contributed by atoms with E-state index in [2.05, 4.69) is 113 Å². The topological polar surface area (TPSA) is 32.6 Å². The maximum atomic E-state index is 10.7. The Morgan fingerprint density at radius 1 is 0.882 bits per heavy atom. The molecule has 0 aliphatic heterocycles. The van der Waals surface area contributed by atoms with E-state index in [4.69, 9.17) is 0 Å². The molecule has 2 atom stereocenters. The number of rotatable bonds is 6. The fraction of sp³-hybridized carbons (Fsp3) is 0.267. The summed E-state index contributed by atoms with van der Waals surface area (Å²) in [5.41, 5.74) is 2.89. The van der Waals surface area contributed by atoms with Crippen LogP contribution in [0.4, 0.5) is 0 Å². The van der Waals surface area contributed by atoms with Gasteiger partial charge in [0.25, 0.3) is 5.82 Å². The van der Waals surface area contributed by atoms with Crippen molar-refractivity contribution in [3.63, 3.8) is 0 Å². The molecule has 0 N–H and O–H groups in total. The molecule has 0 radical (unpaired) electrons. The molecule has 1 saturated carbocycles. The van der Waals surface area contributed by atoms with Crippen LogP contribution in [0.1, 0.15) is 47.8 Å². The second kappa shape index (κ2) is 10.4. The Balaban J connectivity index is 0.00000274. The molecule has 5 rings (SSSR count). The van der Waals surface area contributed by atoms with E-state index in [-0.39, 0.29) is 22.9 Å². The third kappa shape index (κ3) is 4.33. The summed E-state index contributed by atoms with van der Waals surface area (Å²) in [6, 6.07) is 34.6. The summed E-state index contributed by atoms with van der Waals surface area (Å²) in [6.45, 7) is 3.09. The van der Waals surface area contributed by atoms with Gasteiger partial charge in [-0.05, 0) is 41.9 Å². The van der Waals surface area contributed by atoms with E-state index in [1.807, 2.05) is 12.1 Å². The average Bonchev–Trinajstić information content (AvgIpc) is 3.50. The highest BCUT2D eigenvalue weighted by atomic mass is 79.9. The monoisotopic (exact) mass is 511 g/mol. The van der Waals surface area contributed by atoms with E-state index in [9.17, 15) is 5.26 Å². The predicted octanol–water partition coefficient (Wildman–Crippen LogP) is 2.99. The Morgan fingerprint density at radius 2 is 1.44 bits per heavy atom. The van der Waals surface area contributed by atoms with Crippen molar-refractivity contribution in [3.8, 4) is 6.07 Å². The Kier molecular flexibility index (Phi) is 7.34. The van der Waals surface area contributed by atoms with E-state index in [0.717, 1.165) is 36.9 Å². The molecular formula is C30H30BrN3. The second-order valence-electron chi connectivity index (χ2n) is 9.18. The zero-order valence-corrected chi connectivity index (χ0v) is 21.1. The minimum Gasteiger partial charge on any atom is -1.00 e. The normalized spacial score (nSPS) is 17.6. The first kappa shape index (κ1) is 24.0. The lowest BCUT2D eigenvalue weighted by atomic mass is 9.66. The highest BCUT2D eigenvalue weighted by Crippen LogP contribution is 2.49. The second-order valence-corrected chi connectivity index (χ2v) is 9.18. The van der Waals surface area contributed by atoms with Gasteiger partial charge in [-0.15, -0.1) is 0 Å². The molecule has 34 heavy (non-hydrogen) atoms. The fourth-order valence-electron chi connectivity index (χ4n) is 5.71. The van der Waals surface area contributed by atoms with Gasteiger partial charge in [0.1, 0.15) is 30.4 Å². The zero-order chi connectivity index (χ0) is 22.7. The molecule has 1 aliphatic rings. The summed E-state index contributed by atoms with van der Waals surface area (Å²) in [4.78, 5) is 0. The number of nitriles is 1. The van der Waals surface area contributed by atoms with Gasteiger partial charge in [-0.2, -0.15) is 5.26 Å². The van der Waals surface area contributed by atoms with Gasteiger partial charge in [0.15, 0.2) is 0 Å². The third-order valence-electron chi connectivity index (χ3n) is 7.44. The Labute approximate surface area is 213 Å². The van der Waals surface area contributed by atoms with Crippen molar-refractivity contribution >= 4 is 0 Å². The number of benzene rings is 3. The van der Waals surface area contributed by atoms with Crippen LogP contribution in [-0.2, 0) is 12.0 Å². The molecule has 0 unspecified atom stereocenters. The molecule has 1 aliphatic carbocycles. The van der Waals surface area contributed by atoms with Crippen molar-refractivity contribution in [1.29, 1.82) is 5.26 Å². The van der Waals surface area contributed by atoms with Crippen LogP contribution in [0.5, 0.6) is 0 Å². The number of aromatic nitrogens is 2. The molecule has 0 saturated heterocycles. The van der Waals surface area contributed by atoms with Crippen LogP contribution in [-0.4, -0.2) is 4.57 Å². The first-order valence-corrected chi connectivity index (χ1v) is 11.9. The van der Waals surface area contributed by atoms with E-state index >= 15 is 0 Å². The number of nitrogens with zero attached hydrogens (tertiary/aromatic N) is 3. The summed E-state index contributed by atoms with van der Waals surface area (Å²) in [5, 5.41) is 10.7. The third-order valence-corrected chi connectivity index (χ3v) is 7.44. The largest absolute Gasteiger partial charge is 1.00 e. The molecule has 4 aromatic rings. The van der Waals surface area contributed by atoms with E-state index in [0.29, 0.717) is 6.04 Å². The SMILES string of the molecule is Cc1n([C@@H]2CC[C@@H](C(C#N)(c3ccccc3)c3ccccc3)C2)cc[n+]1Cc1ccccc1.[Br-]. The van der Waals surface area contributed by atoms with Crippen LogP contribution in [0.3, 0.4) is 0 Å². The number of hydrogen-bond donors (Lipinski definition) is 0. The Hall–Kier alpha value is -3.16. The van der Waals surface area contributed by atoms with Crippen molar-refractivity contribution in [1.82, 2.24) is 4.57 Å². The van der Waals surface area contributed by atoms with Crippen LogP contribution in [0, 0.1) is 24.2 Å². The minimum absolute atomic E-state index is 0. The Morgan fingerprint density at radius 3 is 2.00 bits per heavy atom. The van der Waals surface area contributed by atoms with Crippen molar-refractivity contribution in [3.05, 3.63) is 126 Å². The van der Waals surface area contributed by atoms with Gasteiger partial charge in [0.05, 0.1) is 6.07 Å². The Bertz CT molecular complexity index is 1200. The minimum atomic E-state index is -0.627. The predicted molar refractivity (Wildman–Crippen MR) is 131 cm³/mol.